The quantitative estimate of drug-likeness (QED) is 0.342. The summed E-state index contributed by atoms with van der Waals surface area (Å²) >= 11 is 0. The van der Waals surface area contributed by atoms with Crippen molar-refractivity contribution in [3.05, 3.63) is 71.4 Å². The van der Waals surface area contributed by atoms with Crippen molar-refractivity contribution in [2.24, 2.45) is 10.7 Å². The monoisotopic (exact) mass is 510 g/mol. The number of nitrogens with one attached hydrogen (secondary N) is 1. The summed E-state index contributed by atoms with van der Waals surface area (Å²) in [4.78, 5) is 21.2. The molecule has 190 valence electrons. The molecule has 1 amide bonds. The second-order valence-corrected chi connectivity index (χ2v) is 13.1. The summed E-state index contributed by atoms with van der Waals surface area (Å²) in [6, 6.07) is 10.2. The first-order chi connectivity index (χ1) is 16.8. The number of benzene rings is 2. The van der Waals surface area contributed by atoms with E-state index in [9.17, 15) is 9.36 Å². The van der Waals surface area contributed by atoms with Crippen LogP contribution in [0.2, 0.25) is 0 Å². The van der Waals surface area contributed by atoms with Crippen LogP contribution in [-0.4, -0.2) is 36.0 Å². The molecule has 3 rings (SSSR count). The number of nitrogens with two attached hydrogens (primary N) is 1. The highest BCUT2D eigenvalue weighted by molar-refractivity contribution is 7.70. The van der Waals surface area contributed by atoms with Crippen molar-refractivity contribution in [3.8, 4) is 11.5 Å². The van der Waals surface area contributed by atoms with E-state index < -0.39 is 18.9 Å². The first-order valence-corrected chi connectivity index (χ1v) is 14.1. The van der Waals surface area contributed by atoms with Gasteiger partial charge in [0.1, 0.15) is 24.5 Å². The largest absolute Gasteiger partial charge is 0.456 e. The maximum absolute atomic E-state index is 15.2. The van der Waals surface area contributed by atoms with Crippen molar-refractivity contribution in [2.75, 3.05) is 13.3 Å². The summed E-state index contributed by atoms with van der Waals surface area (Å²) in [5.41, 5.74) is 6.76. The fourth-order valence-electron chi connectivity index (χ4n) is 3.38. The standard InChI is InChI=1S/C27H32FN4O3P/c1-17-23(35-24-11-12-30-22-9-8-20(14-21(22)24)36(5,6)34)10-7-18(26(17)28)13-25(33)32-19(15-29)16-31-27(2,3)4/h7-12,14-16H,13,29H2,1-6H3,(H,32,33)/b19-15+,31-16?. The van der Waals surface area contributed by atoms with Crippen molar-refractivity contribution in [3.63, 3.8) is 0 Å². The number of aromatic nitrogens is 1. The first kappa shape index (κ1) is 27.1. The van der Waals surface area contributed by atoms with E-state index in [1.54, 1.807) is 56.8 Å². The average Bonchev–Trinajstić information content (AvgIpc) is 2.80. The number of allylic oxidation sites excluding steroid dienone is 1. The molecule has 0 unspecified atom stereocenters. The Kier molecular flexibility index (Phi) is 7.99. The van der Waals surface area contributed by atoms with Crippen LogP contribution >= 0.6 is 7.14 Å². The van der Waals surface area contributed by atoms with Crippen LogP contribution in [0.25, 0.3) is 10.9 Å². The molecule has 0 spiro atoms. The molecule has 0 radical (unpaired) electrons. The van der Waals surface area contributed by atoms with Gasteiger partial charge in [0.15, 0.2) is 0 Å². The number of carbonyl (C=O) groups excluding carboxylic acids is 1. The second kappa shape index (κ2) is 10.6. The molecule has 2 aromatic carbocycles. The number of nitrogens with zero attached hydrogens (tertiary/aromatic N) is 2. The molecular formula is C27H32FN4O3P. The summed E-state index contributed by atoms with van der Waals surface area (Å²) < 4.78 is 33.8. The molecule has 36 heavy (non-hydrogen) atoms. The molecule has 9 heteroatoms. The van der Waals surface area contributed by atoms with Crippen LogP contribution in [0.15, 0.2) is 59.5 Å². The smallest absolute Gasteiger partial charge is 0.228 e. The van der Waals surface area contributed by atoms with Crippen LogP contribution in [0.4, 0.5) is 4.39 Å². The Balaban J connectivity index is 1.83. The van der Waals surface area contributed by atoms with Crippen molar-refractivity contribution in [2.45, 2.75) is 39.7 Å². The Hall–Kier alpha value is -3.51. The predicted molar refractivity (Wildman–Crippen MR) is 144 cm³/mol. The number of pyridine rings is 1. The Bertz CT molecular complexity index is 1400. The molecule has 3 aromatic rings. The van der Waals surface area contributed by atoms with E-state index in [1.165, 1.54) is 18.5 Å². The van der Waals surface area contributed by atoms with Crippen LogP contribution < -0.4 is 21.1 Å². The molecule has 0 fully saturated rings. The Labute approximate surface area is 211 Å². The lowest BCUT2D eigenvalue weighted by molar-refractivity contribution is -0.119. The van der Waals surface area contributed by atoms with Gasteiger partial charge in [0, 0.05) is 34.9 Å². The molecule has 0 bridgehead atoms. The third kappa shape index (κ3) is 6.79. The van der Waals surface area contributed by atoms with Gasteiger partial charge < -0.3 is 20.4 Å². The summed E-state index contributed by atoms with van der Waals surface area (Å²) in [7, 11) is -2.49. The molecule has 0 saturated heterocycles. The third-order valence-corrected chi connectivity index (χ3v) is 6.87. The van der Waals surface area contributed by atoms with E-state index in [4.69, 9.17) is 10.5 Å². The molecule has 3 N–H and O–H groups in total. The lowest BCUT2D eigenvalue weighted by atomic mass is 10.1. The molecule has 1 aromatic heterocycles. The van der Waals surface area contributed by atoms with Gasteiger partial charge in [0.2, 0.25) is 5.91 Å². The van der Waals surface area contributed by atoms with Crippen LogP contribution in [0, 0.1) is 12.7 Å². The SMILES string of the molecule is Cc1c(Oc2ccnc3ccc(P(C)(C)=O)cc23)ccc(CC(=O)N/C(C=NC(C)(C)C)=C/N)c1F. The predicted octanol–water partition coefficient (Wildman–Crippen LogP) is 5.05. The fraction of sp³-hybridized carbons (Fsp3) is 0.296. The topological polar surface area (TPSA) is 107 Å². The Morgan fingerprint density at radius 2 is 1.92 bits per heavy atom. The first-order valence-electron chi connectivity index (χ1n) is 11.5. The van der Waals surface area contributed by atoms with E-state index in [0.717, 1.165) is 0 Å². The zero-order valence-corrected chi connectivity index (χ0v) is 22.3. The lowest BCUT2D eigenvalue weighted by Gasteiger charge is -2.15. The van der Waals surface area contributed by atoms with Gasteiger partial charge in [-0.1, -0.05) is 6.07 Å². The maximum atomic E-state index is 15.2. The molecule has 7 nitrogen and oxygen atoms in total. The van der Waals surface area contributed by atoms with Crippen molar-refractivity contribution < 1.29 is 18.5 Å². The number of rotatable bonds is 7. The summed E-state index contributed by atoms with van der Waals surface area (Å²) in [6.45, 7) is 10.7. The molecule has 0 aliphatic carbocycles. The number of fused-ring (bicyclic) bond motifs is 1. The average molecular weight is 511 g/mol. The number of carbonyl (C=O) groups is 1. The van der Waals surface area contributed by atoms with Gasteiger partial charge in [-0.15, -0.1) is 0 Å². The van der Waals surface area contributed by atoms with Gasteiger partial charge in [0.25, 0.3) is 0 Å². The number of aliphatic imine (C=N–C) groups is 1. The van der Waals surface area contributed by atoms with E-state index in [1.807, 2.05) is 20.8 Å². The van der Waals surface area contributed by atoms with Crippen molar-refractivity contribution in [1.29, 1.82) is 0 Å². The van der Waals surface area contributed by atoms with Gasteiger partial charge in [0.05, 0.1) is 23.2 Å². The zero-order chi connectivity index (χ0) is 26.7. The summed E-state index contributed by atoms with van der Waals surface area (Å²) in [6.07, 6.45) is 4.14. The molecule has 0 saturated carbocycles. The molecule has 0 aliphatic rings. The van der Waals surface area contributed by atoms with Crippen LogP contribution in [0.3, 0.4) is 0 Å². The van der Waals surface area contributed by atoms with Crippen LogP contribution in [0.5, 0.6) is 11.5 Å². The molecule has 0 aliphatic heterocycles. The van der Waals surface area contributed by atoms with E-state index in [-0.39, 0.29) is 23.1 Å². The second-order valence-electron chi connectivity index (χ2n) is 9.90. The van der Waals surface area contributed by atoms with Crippen molar-refractivity contribution >= 4 is 35.5 Å². The number of hydrogen-bond donors (Lipinski definition) is 2. The highest BCUT2D eigenvalue weighted by Gasteiger charge is 2.17. The summed E-state index contributed by atoms with van der Waals surface area (Å²) in [5, 5.41) is 4.03. The number of halogens is 1. The van der Waals surface area contributed by atoms with Gasteiger partial charge >= 0.3 is 0 Å². The van der Waals surface area contributed by atoms with Crippen LogP contribution in [-0.2, 0) is 15.8 Å². The fourth-order valence-corrected chi connectivity index (χ4v) is 4.25. The minimum Gasteiger partial charge on any atom is -0.456 e. The summed E-state index contributed by atoms with van der Waals surface area (Å²) in [5.74, 6) is -0.171. The van der Waals surface area contributed by atoms with Gasteiger partial charge in [-0.2, -0.15) is 0 Å². The Morgan fingerprint density at radius 3 is 2.56 bits per heavy atom. The number of amides is 1. The normalized spacial score (nSPS) is 12.8. The van der Waals surface area contributed by atoms with Gasteiger partial charge in [-0.25, -0.2) is 4.39 Å². The number of hydrogen-bond acceptors (Lipinski definition) is 6. The van der Waals surface area contributed by atoms with Crippen LogP contribution in [0.1, 0.15) is 31.9 Å². The van der Waals surface area contributed by atoms with E-state index in [0.29, 0.717) is 33.4 Å². The maximum Gasteiger partial charge on any atom is 0.228 e. The van der Waals surface area contributed by atoms with Gasteiger partial charge in [-0.05, 0) is 76.9 Å². The minimum atomic E-state index is -2.49. The molecule has 1 heterocycles. The van der Waals surface area contributed by atoms with Gasteiger partial charge in [-0.3, -0.25) is 14.8 Å². The molecule has 0 atom stereocenters. The highest BCUT2D eigenvalue weighted by Crippen LogP contribution is 2.38. The number of ether oxygens (including phenoxy) is 1. The van der Waals surface area contributed by atoms with Crippen molar-refractivity contribution in [1.82, 2.24) is 10.3 Å². The lowest BCUT2D eigenvalue weighted by Crippen LogP contribution is -2.27. The zero-order valence-electron chi connectivity index (χ0n) is 21.4. The highest BCUT2D eigenvalue weighted by atomic mass is 31.2. The van der Waals surface area contributed by atoms with E-state index >= 15 is 4.39 Å². The van der Waals surface area contributed by atoms with E-state index in [2.05, 4.69) is 15.3 Å². The molecular weight excluding hydrogens is 478 g/mol. The Morgan fingerprint density at radius 1 is 1.19 bits per heavy atom. The minimum absolute atomic E-state index is 0.183. The third-order valence-electron chi connectivity index (χ3n) is 5.35.